The first-order valence-corrected chi connectivity index (χ1v) is 5.46. The third-order valence-electron chi connectivity index (χ3n) is 1.74. The lowest BCUT2D eigenvalue weighted by atomic mass is 10.3. The number of hydrogen-bond acceptors (Lipinski definition) is 3. The van der Waals surface area contributed by atoms with Crippen LogP contribution in [0.4, 0.5) is 0 Å². The van der Waals surface area contributed by atoms with Crippen LogP contribution in [0.15, 0.2) is 16.7 Å². The predicted octanol–water partition coefficient (Wildman–Crippen LogP) is 2.04. The van der Waals surface area contributed by atoms with Crippen molar-refractivity contribution in [1.82, 2.24) is 5.32 Å². The molecule has 12 heavy (non-hydrogen) atoms. The molecule has 1 heterocycles. The van der Waals surface area contributed by atoms with Crippen LogP contribution in [0, 0.1) is 6.92 Å². The van der Waals surface area contributed by atoms with Gasteiger partial charge in [-0.25, -0.2) is 0 Å². The molecule has 0 saturated heterocycles. The first-order chi connectivity index (χ1) is 5.84. The van der Waals surface area contributed by atoms with Crippen LogP contribution in [0.5, 0.6) is 0 Å². The number of aryl methyl sites for hydroxylation is 1. The number of hydrogen-bond donors (Lipinski definition) is 1. The Labute approximate surface area is 77.7 Å². The third-order valence-corrected chi connectivity index (χ3v) is 2.35. The van der Waals surface area contributed by atoms with Crippen LogP contribution in [-0.4, -0.2) is 18.6 Å². The number of thioether (sulfide) groups is 1. The van der Waals surface area contributed by atoms with Crippen LogP contribution in [0.3, 0.4) is 0 Å². The number of nitrogens with one attached hydrogen (secondary N) is 1. The monoisotopic (exact) mass is 185 g/mol. The van der Waals surface area contributed by atoms with Crippen molar-refractivity contribution >= 4 is 11.8 Å². The molecule has 0 unspecified atom stereocenters. The largest absolute Gasteiger partial charge is 0.468 e. The summed E-state index contributed by atoms with van der Waals surface area (Å²) in [4.78, 5) is 0. The van der Waals surface area contributed by atoms with Crippen molar-refractivity contribution in [1.29, 1.82) is 0 Å². The second-order valence-electron chi connectivity index (χ2n) is 2.70. The molecule has 0 spiro atoms. The standard InChI is InChI=1S/C9H15NOS/c1-8-3-5-11-9(8)7-10-4-6-12-2/h3,5,10H,4,6-7H2,1-2H3. The topological polar surface area (TPSA) is 25.2 Å². The quantitative estimate of drug-likeness (QED) is 0.711. The lowest BCUT2D eigenvalue weighted by Crippen LogP contribution is -2.16. The summed E-state index contributed by atoms with van der Waals surface area (Å²) in [6, 6.07) is 1.99. The van der Waals surface area contributed by atoms with Gasteiger partial charge in [0.05, 0.1) is 12.8 Å². The fourth-order valence-electron chi connectivity index (χ4n) is 0.961. The van der Waals surface area contributed by atoms with E-state index in [0.717, 1.165) is 24.6 Å². The van der Waals surface area contributed by atoms with Gasteiger partial charge in [0.2, 0.25) is 0 Å². The van der Waals surface area contributed by atoms with Crippen molar-refractivity contribution in [3.63, 3.8) is 0 Å². The molecule has 1 N–H and O–H groups in total. The molecule has 0 aliphatic carbocycles. The van der Waals surface area contributed by atoms with Gasteiger partial charge in [-0.05, 0) is 24.8 Å². The van der Waals surface area contributed by atoms with Crippen LogP contribution in [-0.2, 0) is 6.54 Å². The molecule has 2 nitrogen and oxygen atoms in total. The van der Waals surface area contributed by atoms with Gasteiger partial charge in [-0.2, -0.15) is 11.8 Å². The van der Waals surface area contributed by atoms with Crippen molar-refractivity contribution < 1.29 is 4.42 Å². The molecule has 0 fully saturated rings. The van der Waals surface area contributed by atoms with Gasteiger partial charge in [0.25, 0.3) is 0 Å². The van der Waals surface area contributed by atoms with Gasteiger partial charge in [-0.15, -0.1) is 0 Å². The van der Waals surface area contributed by atoms with Gasteiger partial charge < -0.3 is 9.73 Å². The SMILES string of the molecule is CSCCNCc1occc1C. The number of furan rings is 1. The summed E-state index contributed by atoms with van der Waals surface area (Å²) >= 11 is 1.85. The molecule has 1 aromatic heterocycles. The van der Waals surface area contributed by atoms with E-state index in [1.54, 1.807) is 6.26 Å². The average molecular weight is 185 g/mol. The lowest BCUT2D eigenvalue weighted by Gasteiger charge is -2.01. The maximum Gasteiger partial charge on any atom is 0.120 e. The fourth-order valence-corrected chi connectivity index (χ4v) is 1.31. The number of rotatable bonds is 5. The molecular formula is C9H15NOS. The third kappa shape index (κ3) is 2.91. The summed E-state index contributed by atoms with van der Waals surface area (Å²) in [6.45, 7) is 3.95. The summed E-state index contributed by atoms with van der Waals surface area (Å²) in [5.74, 6) is 2.20. The fraction of sp³-hybridized carbons (Fsp3) is 0.556. The Balaban J connectivity index is 2.20. The van der Waals surface area contributed by atoms with Gasteiger partial charge in [0.15, 0.2) is 0 Å². The lowest BCUT2D eigenvalue weighted by molar-refractivity contribution is 0.485. The maximum absolute atomic E-state index is 5.28. The molecule has 0 aliphatic heterocycles. The van der Waals surface area contributed by atoms with E-state index in [2.05, 4.69) is 18.5 Å². The minimum Gasteiger partial charge on any atom is -0.468 e. The minimum absolute atomic E-state index is 0.847. The summed E-state index contributed by atoms with van der Waals surface area (Å²) < 4.78 is 5.28. The molecule has 0 saturated carbocycles. The molecule has 1 rings (SSSR count). The van der Waals surface area contributed by atoms with Crippen molar-refractivity contribution in [2.45, 2.75) is 13.5 Å². The normalized spacial score (nSPS) is 10.5. The molecule has 0 radical (unpaired) electrons. The van der Waals surface area contributed by atoms with E-state index >= 15 is 0 Å². The smallest absolute Gasteiger partial charge is 0.120 e. The van der Waals surface area contributed by atoms with Gasteiger partial charge in [-0.1, -0.05) is 0 Å². The highest BCUT2D eigenvalue weighted by Gasteiger charge is 1.99. The zero-order valence-electron chi connectivity index (χ0n) is 7.59. The van der Waals surface area contributed by atoms with E-state index in [1.165, 1.54) is 5.56 Å². The molecule has 3 heteroatoms. The maximum atomic E-state index is 5.28. The van der Waals surface area contributed by atoms with E-state index in [4.69, 9.17) is 4.42 Å². The molecule has 1 aromatic rings. The van der Waals surface area contributed by atoms with Gasteiger partial charge in [0.1, 0.15) is 5.76 Å². The zero-order valence-corrected chi connectivity index (χ0v) is 8.41. The van der Waals surface area contributed by atoms with Crippen molar-refractivity contribution in [3.8, 4) is 0 Å². The van der Waals surface area contributed by atoms with E-state index in [1.807, 2.05) is 17.8 Å². The summed E-state index contributed by atoms with van der Waals surface area (Å²) in [5.41, 5.74) is 1.23. The van der Waals surface area contributed by atoms with E-state index < -0.39 is 0 Å². The second kappa shape index (κ2) is 5.27. The van der Waals surface area contributed by atoms with Crippen LogP contribution in [0.1, 0.15) is 11.3 Å². The van der Waals surface area contributed by atoms with Crippen molar-refractivity contribution in [2.24, 2.45) is 0 Å². The molecule has 0 aromatic carbocycles. The molecule has 68 valence electrons. The summed E-state index contributed by atoms with van der Waals surface area (Å²) in [6.07, 6.45) is 3.85. The molecule has 0 amide bonds. The Morgan fingerprint density at radius 3 is 3.00 bits per heavy atom. The highest BCUT2D eigenvalue weighted by Crippen LogP contribution is 2.07. The predicted molar refractivity (Wildman–Crippen MR) is 53.5 cm³/mol. The Morgan fingerprint density at radius 1 is 1.58 bits per heavy atom. The average Bonchev–Trinajstić information content (AvgIpc) is 2.46. The Kier molecular flexibility index (Phi) is 4.25. The zero-order chi connectivity index (χ0) is 8.81. The summed E-state index contributed by atoms with van der Waals surface area (Å²) in [5, 5.41) is 3.31. The van der Waals surface area contributed by atoms with Crippen molar-refractivity contribution in [3.05, 3.63) is 23.7 Å². The van der Waals surface area contributed by atoms with Crippen LogP contribution in [0.25, 0.3) is 0 Å². The van der Waals surface area contributed by atoms with E-state index in [0.29, 0.717) is 0 Å². The second-order valence-corrected chi connectivity index (χ2v) is 3.68. The van der Waals surface area contributed by atoms with E-state index in [-0.39, 0.29) is 0 Å². The Bertz CT molecular complexity index is 222. The highest BCUT2D eigenvalue weighted by atomic mass is 32.2. The first-order valence-electron chi connectivity index (χ1n) is 4.07. The molecule has 0 aliphatic rings. The highest BCUT2D eigenvalue weighted by molar-refractivity contribution is 7.98. The van der Waals surface area contributed by atoms with Crippen molar-refractivity contribution in [2.75, 3.05) is 18.6 Å². The van der Waals surface area contributed by atoms with Crippen LogP contribution < -0.4 is 5.32 Å². The Morgan fingerprint density at radius 2 is 2.42 bits per heavy atom. The first kappa shape index (κ1) is 9.68. The van der Waals surface area contributed by atoms with Gasteiger partial charge in [-0.3, -0.25) is 0 Å². The molecule has 0 atom stereocenters. The van der Waals surface area contributed by atoms with E-state index in [9.17, 15) is 0 Å². The summed E-state index contributed by atoms with van der Waals surface area (Å²) in [7, 11) is 0. The van der Waals surface area contributed by atoms with Gasteiger partial charge in [0, 0.05) is 12.3 Å². The minimum atomic E-state index is 0.847. The van der Waals surface area contributed by atoms with Crippen LogP contribution in [0.2, 0.25) is 0 Å². The molecule has 0 bridgehead atoms. The van der Waals surface area contributed by atoms with Crippen LogP contribution >= 0.6 is 11.8 Å². The Hall–Kier alpha value is -0.410. The molecular weight excluding hydrogens is 170 g/mol. The van der Waals surface area contributed by atoms with Gasteiger partial charge >= 0.3 is 0 Å².